The molecule has 2 N–H and O–H groups in total. The van der Waals surface area contributed by atoms with Crippen LogP contribution in [0.5, 0.6) is 5.75 Å². The second-order valence-corrected chi connectivity index (χ2v) is 4.84. The van der Waals surface area contributed by atoms with E-state index >= 15 is 0 Å². The molecule has 21 heavy (non-hydrogen) atoms. The molecule has 0 aliphatic rings. The summed E-state index contributed by atoms with van der Waals surface area (Å²) in [5, 5.41) is 5.72. The van der Waals surface area contributed by atoms with E-state index in [4.69, 9.17) is 4.74 Å². The quantitative estimate of drug-likeness (QED) is 0.851. The summed E-state index contributed by atoms with van der Waals surface area (Å²) in [6.07, 6.45) is 5.31. The molecule has 0 aliphatic heterocycles. The molecule has 1 aromatic heterocycles. The van der Waals surface area contributed by atoms with E-state index in [0.29, 0.717) is 13.1 Å². The predicted molar refractivity (Wildman–Crippen MR) is 80.1 cm³/mol. The number of carbonyl (C=O) groups excluding carboxylic acids is 1. The molecule has 112 valence electrons. The molecule has 2 rings (SSSR count). The Labute approximate surface area is 124 Å². The number of amides is 2. The highest BCUT2D eigenvalue weighted by Gasteiger charge is 2.07. The molecule has 1 unspecified atom stereocenters. The van der Waals surface area contributed by atoms with E-state index in [1.807, 2.05) is 42.0 Å². The second-order valence-electron chi connectivity index (χ2n) is 4.84. The molecule has 0 bridgehead atoms. The van der Waals surface area contributed by atoms with Gasteiger partial charge in [0.25, 0.3) is 0 Å². The summed E-state index contributed by atoms with van der Waals surface area (Å²) in [5.74, 6) is 0.781. The first-order chi connectivity index (χ1) is 10.2. The zero-order valence-electron chi connectivity index (χ0n) is 12.2. The maximum absolute atomic E-state index is 11.8. The van der Waals surface area contributed by atoms with Crippen LogP contribution < -0.4 is 15.4 Å². The van der Waals surface area contributed by atoms with Crippen LogP contribution in [0.3, 0.4) is 0 Å². The molecule has 0 radical (unpaired) electrons. The van der Waals surface area contributed by atoms with Crippen LogP contribution >= 0.6 is 0 Å². The Hall–Kier alpha value is -2.50. The van der Waals surface area contributed by atoms with Crippen LogP contribution in [-0.4, -0.2) is 28.7 Å². The second kappa shape index (κ2) is 7.33. The molecule has 6 heteroatoms. The van der Waals surface area contributed by atoms with Crippen LogP contribution in [-0.2, 0) is 13.1 Å². The van der Waals surface area contributed by atoms with Crippen molar-refractivity contribution in [1.82, 2.24) is 20.2 Å². The first-order valence-electron chi connectivity index (χ1n) is 6.80. The number of imidazole rings is 1. The van der Waals surface area contributed by atoms with E-state index in [1.54, 1.807) is 19.6 Å². The third-order valence-electron chi connectivity index (χ3n) is 3.01. The minimum Gasteiger partial charge on any atom is -0.497 e. The zero-order valence-corrected chi connectivity index (χ0v) is 12.2. The summed E-state index contributed by atoms with van der Waals surface area (Å²) in [7, 11) is 1.62. The fraction of sp³-hybridized carbons (Fsp3) is 0.333. The predicted octanol–water partition coefficient (Wildman–Crippen LogP) is 1.78. The summed E-state index contributed by atoms with van der Waals surface area (Å²) >= 11 is 0. The molecule has 0 saturated carbocycles. The lowest BCUT2D eigenvalue weighted by Crippen LogP contribution is -2.42. The highest BCUT2D eigenvalue weighted by atomic mass is 16.5. The number of aromatic nitrogens is 2. The van der Waals surface area contributed by atoms with Crippen LogP contribution in [0, 0.1) is 0 Å². The van der Waals surface area contributed by atoms with Crippen molar-refractivity contribution in [3.05, 3.63) is 48.5 Å². The lowest BCUT2D eigenvalue weighted by molar-refractivity contribution is 0.236. The van der Waals surface area contributed by atoms with E-state index in [-0.39, 0.29) is 12.1 Å². The van der Waals surface area contributed by atoms with Gasteiger partial charge in [-0.2, -0.15) is 0 Å². The third-order valence-corrected chi connectivity index (χ3v) is 3.01. The fourth-order valence-corrected chi connectivity index (χ4v) is 2.00. The lowest BCUT2D eigenvalue weighted by atomic mass is 10.2. The van der Waals surface area contributed by atoms with E-state index in [1.165, 1.54) is 0 Å². The molecule has 2 amide bonds. The molecule has 6 nitrogen and oxygen atoms in total. The van der Waals surface area contributed by atoms with Crippen molar-refractivity contribution >= 4 is 6.03 Å². The number of urea groups is 1. The van der Waals surface area contributed by atoms with Gasteiger partial charge in [-0.25, -0.2) is 9.78 Å². The number of carbonyl (C=O) groups is 1. The Morgan fingerprint density at radius 1 is 1.48 bits per heavy atom. The average Bonchev–Trinajstić information content (AvgIpc) is 2.98. The van der Waals surface area contributed by atoms with Gasteiger partial charge in [0, 0.05) is 31.5 Å². The molecule has 0 aliphatic carbocycles. The Kier molecular flexibility index (Phi) is 5.20. The van der Waals surface area contributed by atoms with E-state index in [0.717, 1.165) is 11.3 Å². The number of ether oxygens (including phenoxy) is 1. The summed E-state index contributed by atoms with van der Waals surface area (Å²) in [6, 6.07) is 7.44. The van der Waals surface area contributed by atoms with E-state index in [2.05, 4.69) is 15.6 Å². The van der Waals surface area contributed by atoms with Gasteiger partial charge in [-0.3, -0.25) is 0 Å². The van der Waals surface area contributed by atoms with Crippen LogP contribution in [0.4, 0.5) is 4.79 Å². The molecule has 2 aromatic rings. The van der Waals surface area contributed by atoms with Crippen LogP contribution in [0.1, 0.15) is 12.5 Å². The van der Waals surface area contributed by atoms with Gasteiger partial charge in [-0.05, 0) is 24.6 Å². The first kappa shape index (κ1) is 14.9. The number of nitrogens with one attached hydrogen (secondary N) is 2. The number of benzene rings is 1. The lowest BCUT2D eigenvalue weighted by Gasteiger charge is -2.15. The van der Waals surface area contributed by atoms with Gasteiger partial charge >= 0.3 is 6.03 Å². The Bertz CT molecular complexity index is 569. The van der Waals surface area contributed by atoms with Gasteiger partial charge in [0.2, 0.25) is 0 Å². The average molecular weight is 288 g/mol. The van der Waals surface area contributed by atoms with Gasteiger partial charge < -0.3 is 19.9 Å². The van der Waals surface area contributed by atoms with Crippen molar-refractivity contribution in [3.63, 3.8) is 0 Å². The van der Waals surface area contributed by atoms with Crippen LogP contribution in [0.2, 0.25) is 0 Å². The number of rotatable bonds is 6. The van der Waals surface area contributed by atoms with Crippen molar-refractivity contribution in [3.8, 4) is 5.75 Å². The van der Waals surface area contributed by atoms with Gasteiger partial charge in [-0.15, -0.1) is 0 Å². The Morgan fingerprint density at radius 3 is 3.05 bits per heavy atom. The highest BCUT2D eigenvalue weighted by molar-refractivity contribution is 5.74. The van der Waals surface area contributed by atoms with Crippen molar-refractivity contribution < 1.29 is 9.53 Å². The molecule has 0 saturated heterocycles. The molecule has 0 spiro atoms. The monoisotopic (exact) mass is 288 g/mol. The van der Waals surface area contributed by atoms with Gasteiger partial charge in [-0.1, -0.05) is 12.1 Å². The fourth-order valence-electron chi connectivity index (χ4n) is 2.00. The largest absolute Gasteiger partial charge is 0.497 e. The summed E-state index contributed by atoms with van der Waals surface area (Å²) in [5.41, 5.74) is 0.992. The molecule has 1 atom stereocenters. The Balaban J connectivity index is 1.76. The minimum atomic E-state index is -0.189. The van der Waals surface area contributed by atoms with Crippen molar-refractivity contribution in [2.24, 2.45) is 0 Å². The smallest absolute Gasteiger partial charge is 0.315 e. The van der Waals surface area contributed by atoms with E-state index in [9.17, 15) is 4.79 Å². The van der Waals surface area contributed by atoms with E-state index < -0.39 is 0 Å². The van der Waals surface area contributed by atoms with Crippen molar-refractivity contribution in [2.75, 3.05) is 7.11 Å². The number of hydrogen-bond donors (Lipinski definition) is 2. The van der Waals surface area contributed by atoms with Crippen molar-refractivity contribution in [1.29, 1.82) is 0 Å². The molecular weight excluding hydrogens is 268 g/mol. The highest BCUT2D eigenvalue weighted by Crippen LogP contribution is 2.11. The molecule has 1 heterocycles. The maximum Gasteiger partial charge on any atom is 0.315 e. The Morgan fingerprint density at radius 2 is 2.33 bits per heavy atom. The topological polar surface area (TPSA) is 68.2 Å². The number of hydrogen-bond acceptors (Lipinski definition) is 3. The van der Waals surface area contributed by atoms with Crippen LogP contribution in [0.15, 0.2) is 43.0 Å². The number of methoxy groups -OCH3 is 1. The summed E-state index contributed by atoms with van der Waals surface area (Å²) in [6.45, 7) is 3.10. The normalized spacial score (nSPS) is 11.7. The van der Waals surface area contributed by atoms with Gasteiger partial charge in [0.05, 0.1) is 13.4 Å². The standard InChI is InChI=1S/C15H20N4O2/c1-12(10-19-7-6-16-11-19)18-15(20)17-9-13-4-3-5-14(8-13)21-2/h3-8,11-12H,9-10H2,1-2H3,(H2,17,18,20). The van der Waals surface area contributed by atoms with Gasteiger partial charge in [0.15, 0.2) is 0 Å². The minimum absolute atomic E-state index is 0.0181. The first-order valence-corrected chi connectivity index (χ1v) is 6.80. The van der Waals surface area contributed by atoms with Crippen LogP contribution in [0.25, 0.3) is 0 Å². The molecule has 1 aromatic carbocycles. The third kappa shape index (κ3) is 4.83. The van der Waals surface area contributed by atoms with Crippen molar-refractivity contribution in [2.45, 2.75) is 26.1 Å². The summed E-state index contributed by atoms with van der Waals surface area (Å²) in [4.78, 5) is 15.8. The summed E-state index contributed by atoms with van der Waals surface area (Å²) < 4.78 is 7.07. The molecular formula is C15H20N4O2. The SMILES string of the molecule is COc1cccc(CNC(=O)NC(C)Cn2ccnc2)c1. The number of nitrogens with zero attached hydrogens (tertiary/aromatic N) is 2. The van der Waals surface area contributed by atoms with Gasteiger partial charge in [0.1, 0.15) is 5.75 Å². The maximum atomic E-state index is 11.8. The molecule has 0 fully saturated rings. The zero-order chi connectivity index (χ0) is 15.1.